The summed E-state index contributed by atoms with van der Waals surface area (Å²) in [5.74, 6) is 0.979. The molecule has 0 saturated carbocycles. The molecule has 0 bridgehead atoms. The second-order valence-electron chi connectivity index (χ2n) is 6.86. The Hall–Kier alpha value is -2.33. The lowest BCUT2D eigenvalue weighted by Gasteiger charge is -2.34. The number of hydrogen-bond donors (Lipinski definition) is 1. The molecule has 26 heavy (non-hydrogen) atoms. The molecule has 0 spiro atoms. The van der Waals surface area contributed by atoms with Crippen molar-refractivity contribution in [3.63, 3.8) is 0 Å². The molecule has 2 aromatic rings. The number of carbonyl (C=O) groups excluding carboxylic acids is 1. The molecule has 0 aliphatic carbocycles. The van der Waals surface area contributed by atoms with Gasteiger partial charge in [-0.2, -0.15) is 0 Å². The molecule has 0 aromatic heterocycles. The van der Waals surface area contributed by atoms with Crippen LogP contribution in [0.4, 0.5) is 0 Å². The van der Waals surface area contributed by atoms with E-state index in [0.717, 1.165) is 30.6 Å². The minimum atomic E-state index is -0.459. The van der Waals surface area contributed by atoms with Gasteiger partial charge in [-0.05, 0) is 48.9 Å². The predicted octanol–water partition coefficient (Wildman–Crippen LogP) is 4.06. The van der Waals surface area contributed by atoms with E-state index in [2.05, 4.69) is 6.92 Å². The molecule has 1 saturated heterocycles. The van der Waals surface area contributed by atoms with Crippen LogP contribution in [0.1, 0.15) is 48.2 Å². The quantitative estimate of drug-likeness (QED) is 0.852. The number of aliphatic hydroxyl groups is 1. The van der Waals surface area contributed by atoms with Crippen molar-refractivity contribution in [1.29, 1.82) is 0 Å². The van der Waals surface area contributed by atoms with Crippen LogP contribution in [0.15, 0.2) is 54.6 Å². The molecule has 1 amide bonds. The average molecular weight is 353 g/mol. The highest BCUT2D eigenvalue weighted by molar-refractivity contribution is 5.94. The highest BCUT2D eigenvalue weighted by Gasteiger charge is 2.28. The first-order valence-corrected chi connectivity index (χ1v) is 9.44. The summed E-state index contributed by atoms with van der Waals surface area (Å²) in [6.45, 7) is 4.06. The Morgan fingerprint density at radius 2 is 1.88 bits per heavy atom. The molecule has 1 fully saturated rings. The molecule has 4 heteroatoms. The molecular formula is C22H27NO3. The second-order valence-corrected chi connectivity index (χ2v) is 6.86. The summed E-state index contributed by atoms with van der Waals surface area (Å²) < 4.78 is 5.63. The van der Waals surface area contributed by atoms with Gasteiger partial charge < -0.3 is 14.7 Å². The lowest BCUT2D eigenvalue weighted by atomic mass is 9.87. The van der Waals surface area contributed by atoms with Crippen molar-refractivity contribution in [2.75, 3.05) is 19.7 Å². The van der Waals surface area contributed by atoms with E-state index in [-0.39, 0.29) is 11.8 Å². The Morgan fingerprint density at radius 1 is 1.15 bits per heavy atom. The Balaban J connectivity index is 1.58. The molecule has 1 atom stereocenters. The number of ether oxygens (including phenoxy) is 1. The number of carbonyl (C=O) groups is 1. The predicted molar refractivity (Wildman–Crippen MR) is 102 cm³/mol. The first-order valence-electron chi connectivity index (χ1n) is 9.44. The fourth-order valence-corrected chi connectivity index (χ4v) is 3.46. The summed E-state index contributed by atoms with van der Waals surface area (Å²) in [7, 11) is 0. The highest BCUT2D eigenvalue weighted by atomic mass is 16.5. The molecule has 1 heterocycles. The summed E-state index contributed by atoms with van der Waals surface area (Å²) in [5, 5.41) is 10.6. The second kappa shape index (κ2) is 8.86. The van der Waals surface area contributed by atoms with Crippen LogP contribution < -0.4 is 4.74 Å². The van der Waals surface area contributed by atoms with Crippen LogP contribution in [0.25, 0.3) is 0 Å². The fourth-order valence-electron chi connectivity index (χ4n) is 3.46. The van der Waals surface area contributed by atoms with Gasteiger partial charge in [0.05, 0.1) is 12.7 Å². The number of hydrogen-bond acceptors (Lipinski definition) is 3. The Labute approximate surface area is 155 Å². The van der Waals surface area contributed by atoms with Gasteiger partial charge >= 0.3 is 0 Å². The first kappa shape index (κ1) is 18.5. The zero-order valence-corrected chi connectivity index (χ0v) is 15.3. The Morgan fingerprint density at radius 3 is 2.58 bits per heavy atom. The summed E-state index contributed by atoms with van der Waals surface area (Å²) >= 11 is 0. The van der Waals surface area contributed by atoms with E-state index in [4.69, 9.17) is 4.74 Å². The number of rotatable bonds is 6. The minimum Gasteiger partial charge on any atom is -0.494 e. The van der Waals surface area contributed by atoms with Crippen molar-refractivity contribution in [2.24, 2.45) is 5.92 Å². The number of amides is 1. The minimum absolute atomic E-state index is 0.0413. The van der Waals surface area contributed by atoms with Crippen LogP contribution in [0.3, 0.4) is 0 Å². The van der Waals surface area contributed by atoms with E-state index < -0.39 is 6.10 Å². The SMILES string of the molecule is CCCOc1cccc(C(=O)N2CCC(C(O)c3ccccc3)CC2)c1. The molecule has 1 N–H and O–H groups in total. The van der Waals surface area contributed by atoms with E-state index >= 15 is 0 Å². The lowest BCUT2D eigenvalue weighted by molar-refractivity contribution is 0.0462. The topological polar surface area (TPSA) is 49.8 Å². The van der Waals surface area contributed by atoms with E-state index in [9.17, 15) is 9.90 Å². The van der Waals surface area contributed by atoms with Gasteiger partial charge in [0.15, 0.2) is 0 Å². The number of piperidine rings is 1. The molecule has 4 nitrogen and oxygen atoms in total. The Kier molecular flexibility index (Phi) is 6.29. The van der Waals surface area contributed by atoms with Crippen LogP contribution >= 0.6 is 0 Å². The van der Waals surface area contributed by atoms with Crippen LogP contribution in [0.5, 0.6) is 5.75 Å². The maximum Gasteiger partial charge on any atom is 0.253 e. The molecule has 138 valence electrons. The third-order valence-electron chi connectivity index (χ3n) is 4.97. The zero-order valence-electron chi connectivity index (χ0n) is 15.3. The van der Waals surface area contributed by atoms with Crippen molar-refractivity contribution in [3.8, 4) is 5.75 Å². The van der Waals surface area contributed by atoms with Crippen molar-refractivity contribution in [2.45, 2.75) is 32.3 Å². The summed E-state index contributed by atoms with van der Waals surface area (Å²) in [6, 6.07) is 17.2. The van der Waals surface area contributed by atoms with Crippen LogP contribution in [0, 0.1) is 5.92 Å². The van der Waals surface area contributed by atoms with Gasteiger partial charge in [-0.3, -0.25) is 4.79 Å². The normalized spacial score (nSPS) is 16.3. The van der Waals surface area contributed by atoms with Crippen molar-refractivity contribution < 1.29 is 14.6 Å². The fraction of sp³-hybridized carbons (Fsp3) is 0.409. The van der Waals surface area contributed by atoms with Gasteiger partial charge in [0, 0.05) is 18.7 Å². The maximum absolute atomic E-state index is 12.8. The number of aliphatic hydroxyl groups excluding tert-OH is 1. The maximum atomic E-state index is 12.8. The average Bonchev–Trinajstić information content (AvgIpc) is 2.72. The van der Waals surface area contributed by atoms with Crippen molar-refractivity contribution in [3.05, 3.63) is 65.7 Å². The van der Waals surface area contributed by atoms with Crippen molar-refractivity contribution >= 4 is 5.91 Å². The lowest BCUT2D eigenvalue weighted by Crippen LogP contribution is -2.39. The van der Waals surface area contributed by atoms with Gasteiger partial charge in [-0.25, -0.2) is 0 Å². The standard InChI is InChI=1S/C22H27NO3/c1-2-15-26-20-10-6-9-19(16-20)22(25)23-13-11-18(12-14-23)21(24)17-7-4-3-5-8-17/h3-10,16,18,21,24H,2,11-15H2,1H3. The molecular weight excluding hydrogens is 326 g/mol. The van der Waals surface area contributed by atoms with E-state index in [1.807, 2.05) is 59.5 Å². The van der Waals surface area contributed by atoms with Crippen LogP contribution in [-0.2, 0) is 0 Å². The van der Waals surface area contributed by atoms with Gasteiger partial charge in [-0.15, -0.1) is 0 Å². The molecule has 3 rings (SSSR count). The molecule has 1 aliphatic heterocycles. The Bertz CT molecular complexity index is 708. The summed E-state index contributed by atoms with van der Waals surface area (Å²) in [6.07, 6.45) is 2.11. The smallest absolute Gasteiger partial charge is 0.253 e. The third-order valence-corrected chi connectivity index (χ3v) is 4.97. The largest absolute Gasteiger partial charge is 0.494 e. The molecule has 1 aliphatic rings. The molecule has 1 unspecified atom stereocenters. The first-order chi connectivity index (χ1) is 12.7. The van der Waals surface area contributed by atoms with Gasteiger partial charge in [0.2, 0.25) is 0 Å². The number of nitrogens with zero attached hydrogens (tertiary/aromatic N) is 1. The van der Waals surface area contributed by atoms with Gasteiger partial charge in [-0.1, -0.05) is 43.3 Å². The molecule has 0 radical (unpaired) electrons. The molecule has 2 aromatic carbocycles. The zero-order chi connectivity index (χ0) is 18.4. The van der Waals surface area contributed by atoms with Crippen LogP contribution in [0.2, 0.25) is 0 Å². The van der Waals surface area contributed by atoms with Gasteiger partial charge in [0.25, 0.3) is 5.91 Å². The number of benzene rings is 2. The van der Waals surface area contributed by atoms with Gasteiger partial charge in [0.1, 0.15) is 5.75 Å². The third kappa shape index (κ3) is 4.44. The highest BCUT2D eigenvalue weighted by Crippen LogP contribution is 2.31. The van der Waals surface area contributed by atoms with Crippen LogP contribution in [-0.4, -0.2) is 35.6 Å². The summed E-state index contributed by atoms with van der Waals surface area (Å²) in [5.41, 5.74) is 1.62. The monoisotopic (exact) mass is 353 g/mol. The number of likely N-dealkylation sites (tertiary alicyclic amines) is 1. The van der Waals surface area contributed by atoms with Crippen molar-refractivity contribution in [1.82, 2.24) is 4.90 Å². The summed E-state index contributed by atoms with van der Waals surface area (Å²) in [4.78, 5) is 14.7. The van der Waals surface area contributed by atoms with E-state index in [1.165, 1.54) is 0 Å². The van der Waals surface area contributed by atoms with E-state index in [1.54, 1.807) is 0 Å². The van der Waals surface area contributed by atoms with E-state index in [0.29, 0.717) is 25.3 Å².